The molecule has 0 saturated heterocycles. The summed E-state index contributed by atoms with van der Waals surface area (Å²) < 4.78 is 1.63. The molecule has 0 spiro atoms. The Bertz CT molecular complexity index is 667. The second-order valence-electron chi connectivity index (χ2n) is 4.41. The zero-order valence-electron chi connectivity index (χ0n) is 10.8. The number of benzene rings is 1. The lowest BCUT2D eigenvalue weighted by Gasteiger charge is -2.08. The zero-order valence-corrected chi connectivity index (χ0v) is 14.5. The van der Waals surface area contributed by atoms with E-state index in [2.05, 4.69) is 55.4 Å². The number of hydrogen-bond donors (Lipinski definition) is 1. The first-order valence-electron chi connectivity index (χ1n) is 6.08. The fraction of sp³-hybridized carbons (Fsp3) is 0.286. The minimum Gasteiger partial charge on any atom is -0.306 e. The summed E-state index contributed by atoms with van der Waals surface area (Å²) in [4.78, 5) is 19.4. The molecule has 0 aliphatic heterocycles. The maximum Gasteiger partial charge on any atom is 0.264 e. The van der Waals surface area contributed by atoms with Crippen LogP contribution in [0.4, 0.5) is 0 Å². The van der Waals surface area contributed by atoms with Gasteiger partial charge >= 0.3 is 0 Å². The Labute approximate surface area is 134 Å². The summed E-state index contributed by atoms with van der Waals surface area (Å²) in [5.41, 5.74) is 2.88. The van der Waals surface area contributed by atoms with Crippen molar-refractivity contribution in [2.24, 2.45) is 0 Å². The van der Waals surface area contributed by atoms with Gasteiger partial charge in [0.25, 0.3) is 5.56 Å². The lowest BCUT2D eigenvalue weighted by molar-refractivity contribution is 0.860. The molecule has 0 radical (unpaired) electrons. The average molecular weight is 433 g/mol. The van der Waals surface area contributed by atoms with Gasteiger partial charge < -0.3 is 4.98 Å². The minimum atomic E-state index is -0.0680. The molecule has 0 unspecified atom stereocenters. The van der Waals surface area contributed by atoms with E-state index in [9.17, 15) is 4.79 Å². The normalized spacial score (nSPS) is 10.7. The number of H-pyrrole nitrogens is 1. The van der Waals surface area contributed by atoms with Crippen molar-refractivity contribution >= 4 is 38.5 Å². The number of hydrogen-bond acceptors (Lipinski definition) is 2. The molecule has 0 aliphatic rings. The summed E-state index contributed by atoms with van der Waals surface area (Å²) in [6, 6.07) is 6.00. The Morgan fingerprint density at radius 3 is 2.79 bits per heavy atom. The van der Waals surface area contributed by atoms with Crippen LogP contribution in [-0.4, -0.2) is 9.97 Å². The summed E-state index contributed by atoms with van der Waals surface area (Å²) >= 11 is 5.59. The molecule has 0 fully saturated rings. The second kappa shape index (κ2) is 6.17. The number of halogens is 2. The second-order valence-corrected chi connectivity index (χ2v) is 6.34. The summed E-state index contributed by atoms with van der Waals surface area (Å²) in [6.45, 7) is 4.11. The number of aryl methyl sites for hydroxylation is 2. The van der Waals surface area contributed by atoms with E-state index in [1.165, 1.54) is 0 Å². The third kappa shape index (κ3) is 3.25. The summed E-state index contributed by atoms with van der Waals surface area (Å²) in [5, 5.41) is 0. The molecule has 0 bridgehead atoms. The first-order chi connectivity index (χ1) is 9.02. The minimum absolute atomic E-state index is 0.0680. The summed E-state index contributed by atoms with van der Waals surface area (Å²) in [7, 11) is 0. The summed E-state index contributed by atoms with van der Waals surface area (Å²) in [5.74, 6) is 0.626. The highest BCUT2D eigenvalue weighted by atomic mass is 127. The van der Waals surface area contributed by atoms with Crippen LogP contribution in [0.5, 0.6) is 0 Å². The van der Waals surface area contributed by atoms with Crippen LogP contribution in [0.1, 0.15) is 24.6 Å². The monoisotopic (exact) mass is 432 g/mol. The van der Waals surface area contributed by atoms with Gasteiger partial charge in [0, 0.05) is 10.0 Å². The van der Waals surface area contributed by atoms with Crippen molar-refractivity contribution in [3.63, 3.8) is 0 Å². The first-order valence-corrected chi connectivity index (χ1v) is 7.95. The summed E-state index contributed by atoms with van der Waals surface area (Å²) in [6.07, 6.45) is 1.79. The number of nitrogens with zero attached hydrogens (tertiary/aromatic N) is 1. The molecular formula is C14H14BrIN2O. The topological polar surface area (TPSA) is 45.8 Å². The van der Waals surface area contributed by atoms with E-state index < -0.39 is 0 Å². The highest BCUT2D eigenvalue weighted by Gasteiger charge is 2.11. The van der Waals surface area contributed by atoms with Crippen LogP contribution in [0.25, 0.3) is 11.4 Å². The van der Waals surface area contributed by atoms with Crippen molar-refractivity contribution in [3.8, 4) is 11.4 Å². The van der Waals surface area contributed by atoms with Gasteiger partial charge in [-0.2, -0.15) is 0 Å². The SMILES string of the molecule is CCCc1nc(-c2ccc(C)cc2Br)[nH]c(=O)c1I. The highest BCUT2D eigenvalue weighted by molar-refractivity contribution is 14.1. The number of nitrogens with one attached hydrogen (secondary N) is 1. The Hall–Kier alpha value is -0.690. The van der Waals surface area contributed by atoms with Crippen molar-refractivity contribution in [1.29, 1.82) is 0 Å². The van der Waals surface area contributed by atoms with Gasteiger partial charge in [-0.05, 0) is 53.6 Å². The molecular weight excluding hydrogens is 419 g/mol. The van der Waals surface area contributed by atoms with Crippen LogP contribution >= 0.6 is 38.5 Å². The molecule has 0 amide bonds. The maximum atomic E-state index is 12.0. The lowest BCUT2D eigenvalue weighted by atomic mass is 10.1. The van der Waals surface area contributed by atoms with E-state index in [0.29, 0.717) is 9.39 Å². The van der Waals surface area contributed by atoms with Crippen molar-refractivity contribution in [3.05, 3.63) is 47.9 Å². The third-order valence-corrected chi connectivity index (χ3v) is 4.57. The van der Waals surface area contributed by atoms with Crippen LogP contribution < -0.4 is 5.56 Å². The van der Waals surface area contributed by atoms with Crippen molar-refractivity contribution in [2.45, 2.75) is 26.7 Å². The molecule has 2 aromatic rings. The molecule has 1 aromatic heterocycles. The molecule has 0 saturated carbocycles. The van der Waals surface area contributed by atoms with Crippen molar-refractivity contribution in [2.75, 3.05) is 0 Å². The maximum absolute atomic E-state index is 12.0. The van der Waals surface area contributed by atoms with E-state index in [4.69, 9.17) is 0 Å². The van der Waals surface area contributed by atoms with E-state index in [-0.39, 0.29) is 5.56 Å². The fourth-order valence-electron chi connectivity index (χ4n) is 1.85. The van der Waals surface area contributed by atoms with E-state index in [0.717, 1.165) is 34.1 Å². The Morgan fingerprint density at radius 1 is 1.42 bits per heavy atom. The highest BCUT2D eigenvalue weighted by Crippen LogP contribution is 2.26. The van der Waals surface area contributed by atoms with Gasteiger partial charge in [0.1, 0.15) is 5.82 Å². The van der Waals surface area contributed by atoms with E-state index in [1.54, 1.807) is 0 Å². The van der Waals surface area contributed by atoms with Crippen LogP contribution in [-0.2, 0) is 6.42 Å². The quantitative estimate of drug-likeness (QED) is 0.743. The number of rotatable bonds is 3. The van der Waals surface area contributed by atoms with Gasteiger partial charge in [-0.15, -0.1) is 0 Å². The van der Waals surface area contributed by atoms with E-state index in [1.807, 2.05) is 25.1 Å². The van der Waals surface area contributed by atoms with Crippen LogP contribution in [0.15, 0.2) is 27.5 Å². The molecule has 1 heterocycles. The lowest BCUT2D eigenvalue weighted by Crippen LogP contribution is -2.16. The first kappa shape index (κ1) is 14.7. The molecule has 0 atom stereocenters. The van der Waals surface area contributed by atoms with Crippen molar-refractivity contribution < 1.29 is 0 Å². The van der Waals surface area contributed by atoms with Gasteiger partial charge in [0.15, 0.2) is 0 Å². The van der Waals surface area contributed by atoms with Crippen LogP contribution in [0, 0.1) is 10.5 Å². The molecule has 5 heteroatoms. The standard InChI is InChI=1S/C14H14BrIN2O/c1-3-4-11-12(16)14(19)18-13(17-11)9-6-5-8(2)7-10(9)15/h5-7H,3-4H2,1-2H3,(H,17,18,19). The predicted molar refractivity (Wildman–Crippen MR) is 89.4 cm³/mol. The molecule has 2 rings (SSSR count). The van der Waals surface area contributed by atoms with Gasteiger partial charge in [0.05, 0.1) is 9.26 Å². The molecule has 3 nitrogen and oxygen atoms in total. The smallest absolute Gasteiger partial charge is 0.264 e. The van der Waals surface area contributed by atoms with Gasteiger partial charge in [-0.3, -0.25) is 4.79 Å². The molecule has 100 valence electrons. The molecule has 19 heavy (non-hydrogen) atoms. The third-order valence-electron chi connectivity index (χ3n) is 2.80. The van der Waals surface area contributed by atoms with Crippen LogP contribution in [0.2, 0.25) is 0 Å². The Kier molecular flexibility index (Phi) is 4.78. The van der Waals surface area contributed by atoms with Crippen LogP contribution in [0.3, 0.4) is 0 Å². The molecule has 1 N–H and O–H groups in total. The van der Waals surface area contributed by atoms with Gasteiger partial charge in [0.2, 0.25) is 0 Å². The Morgan fingerprint density at radius 2 is 2.16 bits per heavy atom. The molecule has 1 aromatic carbocycles. The molecule has 0 aliphatic carbocycles. The fourth-order valence-corrected chi connectivity index (χ4v) is 3.05. The van der Waals surface area contributed by atoms with E-state index >= 15 is 0 Å². The zero-order chi connectivity index (χ0) is 14.0. The Balaban J connectivity index is 2.59. The van der Waals surface area contributed by atoms with Crippen molar-refractivity contribution in [1.82, 2.24) is 9.97 Å². The largest absolute Gasteiger partial charge is 0.306 e. The predicted octanol–water partition coefficient (Wildman–Crippen LogP) is 4.06. The number of aromatic amines is 1. The van der Waals surface area contributed by atoms with Gasteiger partial charge in [-0.1, -0.05) is 35.3 Å². The van der Waals surface area contributed by atoms with Gasteiger partial charge in [-0.25, -0.2) is 4.98 Å². The number of aromatic nitrogens is 2. The average Bonchev–Trinajstić information content (AvgIpc) is 2.35.